The van der Waals surface area contributed by atoms with Gasteiger partial charge in [-0.05, 0) is 42.7 Å². The molecular formula is C20H25NO3. The maximum absolute atomic E-state index is 12.0. The Balaban J connectivity index is 1.84. The van der Waals surface area contributed by atoms with E-state index in [2.05, 4.69) is 19.2 Å². The Kier molecular flexibility index (Phi) is 7.15. The predicted molar refractivity (Wildman–Crippen MR) is 96.8 cm³/mol. The second-order valence-electron chi connectivity index (χ2n) is 5.57. The summed E-state index contributed by atoms with van der Waals surface area (Å²) in [4.78, 5) is 12.0. The van der Waals surface area contributed by atoms with Crippen molar-refractivity contribution < 1.29 is 14.3 Å². The third-order valence-corrected chi connectivity index (χ3v) is 3.56. The van der Waals surface area contributed by atoms with E-state index in [9.17, 15) is 4.79 Å². The van der Waals surface area contributed by atoms with Gasteiger partial charge >= 0.3 is 0 Å². The molecule has 0 atom stereocenters. The third kappa shape index (κ3) is 5.95. The fraction of sp³-hybridized carbons (Fsp3) is 0.350. The summed E-state index contributed by atoms with van der Waals surface area (Å²) in [7, 11) is 0. The Morgan fingerprint density at radius 2 is 1.75 bits per heavy atom. The van der Waals surface area contributed by atoms with E-state index < -0.39 is 0 Å². The maximum Gasteiger partial charge on any atom is 0.262 e. The lowest BCUT2D eigenvalue weighted by Crippen LogP contribution is -2.20. The zero-order valence-corrected chi connectivity index (χ0v) is 14.4. The van der Waals surface area contributed by atoms with Crippen LogP contribution in [0.25, 0.3) is 0 Å². The molecule has 0 heterocycles. The van der Waals surface area contributed by atoms with Gasteiger partial charge in [0, 0.05) is 11.8 Å². The van der Waals surface area contributed by atoms with Crippen molar-refractivity contribution in [2.75, 3.05) is 18.5 Å². The largest absolute Gasteiger partial charge is 0.494 e. The molecule has 0 aromatic heterocycles. The molecule has 0 aliphatic heterocycles. The lowest BCUT2D eigenvalue weighted by molar-refractivity contribution is -0.118. The van der Waals surface area contributed by atoms with Crippen molar-refractivity contribution in [3.8, 4) is 11.5 Å². The van der Waals surface area contributed by atoms with Gasteiger partial charge in [-0.15, -0.1) is 0 Å². The van der Waals surface area contributed by atoms with Gasteiger partial charge < -0.3 is 14.8 Å². The predicted octanol–water partition coefficient (Wildman–Crippen LogP) is 4.45. The Labute approximate surface area is 143 Å². The van der Waals surface area contributed by atoms with Gasteiger partial charge in [-0.2, -0.15) is 0 Å². The Morgan fingerprint density at radius 1 is 1.00 bits per heavy atom. The average molecular weight is 327 g/mol. The van der Waals surface area contributed by atoms with E-state index in [1.165, 1.54) is 5.56 Å². The Bertz CT molecular complexity index is 655. The van der Waals surface area contributed by atoms with E-state index in [4.69, 9.17) is 9.47 Å². The molecule has 2 aromatic carbocycles. The van der Waals surface area contributed by atoms with Gasteiger partial charge in [0.05, 0.1) is 6.61 Å². The molecule has 2 rings (SSSR count). The van der Waals surface area contributed by atoms with Crippen LogP contribution in [-0.2, 0) is 11.2 Å². The fourth-order valence-electron chi connectivity index (χ4n) is 2.20. The molecule has 0 bridgehead atoms. The number of nitrogens with one attached hydrogen (secondary N) is 1. The van der Waals surface area contributed by atoms with Gasteiger partial charge in [0.25, 0.3) is 5.91 Å². The molecule has 4 nitrogen and oxygen atoms in total. The van der Waals surface area contributed by atoms with Gasteiger partial charge in [-0.3, -0.25) is 4.79 Å². The van der Waals surface area contributed by atoms with Gasteiger partial charge in [-0.25, -0.2) is 0 Å². The van der Waals surface area contributed by atoms with Crippen LogP contribution < -0.4 is 14.8 Å². The summed E-state index contributed by atoms with van der Waals surface area (Å²) in [6, 6.07) is 15.2. The summed E-state index contributed by atoms with van der Waals surface area (Å²) in [5.41, 5.74) is 1.89. The number of hydrogen-bond donors (Lipinski definition) is 1. The highest BCUT2D eigenvalue weighted by Gasteiger charge is 2.05. The molecule has 0 aliphatic carbocycles. The van der Waals surface area contributed by atoms with E-state index in [0.717, 1.165) is 25.0 Å². The van der Waals surface area contributed by atoms with Crippen LogP contribution in [0.2, 0.25) is 0 Å². The van der Waals surface area contributed by atoms with Crippen LogP contribution >= 0.6 is 0 Å². The zero-order valence-electron chi connectivity index (χ0n) is 14.4. The number of ether oxygens (including phenoxy) is 2. The van der Waals surface area contributed by atoms with Gasteiger partial charge in [0.1, 0.15) is 11.5 Å². The first-order chi connectivity index (χ1) is 11.7. The summed E-state index contributed by atoms with van der Waals surface area (Å²) in [5.74, 6) is 1.28. The van der Waals surface area contributed by atoms with E-state index in [0.29, 0.717) is 18.0 Å². The molecule has 1 N–H and O–H groups in total. The van der Waals surface area contributed by atoms with Crippen LogP contribution in [0.1, 0.15) is 32.3 Å². The van der Waals surface area contributed by atoms with Crippen LogP contribution in [0.15, 0.2) is 48.5 Å². The quantitative estimate of drug-likeness (QED) is 0.692. The smallest absolute Gasteiger partial charge is 0.262 e. The standard InChI is InChI=1S/C20H25NO3/c1-3-5-12-23-19-11-7-9-17(14-19)21-20(22)15-24-18-10-6-8-16(4-2)13-18/h6-11,13-14H,3-5,12,15H2,1-2H3,(H,21,22). The molecule has 4 heteroatoms. The van der Waals surface area contributed by atoms with E-state index >= 15 is 0 Å². The SMILES string of the molecule is CCCCOc1cccc(NC(=O)COc2cccc(CC)c2)c1. The average Bonchev–Trinajstić information content (AvgIpc) is 2.61. The van der Waals surface area contributed by atoms with Crippen molar-refractivity contribution in [3.63, 3.8) is 0 Å². The molecule has 0 unspecified atom stereocenters. The maximum atomic E-state index is 12.0. The summed E-state index contributed by atoms with van der Waals surface area (Å²) >= 11 is 0. The molecule has 1 amide bonds. The second kappa shape index (κ2) is 9.60. The first-order valence-electron chi connectivity index (χ1n) is 8.45. The highest BCUT2D eigenvalue weighted by molar-refractivity contribution is 5.92. The molecule has 0 radical (unpaired) electrons. The molecule has 0 saturated carbocycles. The number of unbranched alkanes of at least 4 members (excludes halogenated alkanes) is 1. The zero-order chi connectivity index (χ0) is 17.2. The first kappa shape index (κ1) is 17.9. The van der Waals surface area contributed by atoms with Gasteiger partial charge in [-0.1, -0.05) is 38.5 Å². The number of benzene rings is 2. The third-order valence-electron chi connectivity index (χ3n) is 3.56. The van der Waals surface area contributed by atoms with Gasteiger partial charge in [0.2, 0.25) is 0 Å². The molecular weight excluding hydrogens is 302 g/mol. The molecule has 0 aliphatic rings. The molecule has 24 heavy (non-hydrogen) atoms. The molecule has 0 fully saturated rings. The van der Waals surface area contributed by atoms with E-state index in [1.54, 1.807) is 0 Å². The summed E-state index contributed by atoms with van der Waals surface area (Å²) in [6.45, 7) is 4.87. The van der Waals surface area contributed by atoms with Crippen LogP contribution in [0.5, 0.6) is 11.5 Å². The van der Waals surface area contributed by atoms with Crippen LogP contribution in [0.3, 0.4) is 0 Å². The van der Waals surface area contributed by atoms with Crippen LogP contribution in [-0.4, -0.2) is 19.1 Å². The first-order valence-corrected chi connectivity index (χ1v) is 8.45. The van der Waals surface area contributed by atoms with Crippen LogP contribution in [0.4, 0.5) is 5.69 Å². The molecule has 2 aromatic rings. The normalized spacial score (nSPS) is 10.2. The van der Waals surface area contributed by atoms with Crippen molar-refractivity contribution >= 4 is 11.6 Å². The molecule has 0 saturated heterocycles. The topological polar surface area (TPSA) is 47.6 Å². The van der Waals surface area contributed by atoms with Crippen molar-refractivity contribution in [1.82, 2.24) is 0 Å². The van der Waals surface area contributed by atoms with Crippen molar-refractivity contribution in [2.45, 2.75) is 33.1 Å². The fourth-order valence-corrected chi connectivity index (χ4v) is 2.20. The minimum absolute atomic E-state index is 0.0198. The number of carbonyl (C=O) groups excluding carboxylic acids is 1. The van der Waals surface area contributed by atoms with E-state index in [1.807, 2.05) is 48.5 Å². The number of rotatable bonds is 9. The second-order valence-corrected chi connectivity index (χ2v) is 5.57. The summed E-state index contributed by atoms with van der Waals surface area (Å²) in [6.07, 6.45) is 3.04. The molecule has 0 spiro atoms. The monoisotopic (exact) mass is 327 g/mol. The lowest BCUT2D eigenvalue weighted by atomic mass is 10.2. The summed E-state index contributed by atoms with van der Waals surface area (Å²) < 4.78 is 11.2. The van der Waals surface area contributed by atoms with Gasteiger partial charge in [0.15, 0.2) is 6.61 Å². The number of carbonyl (C=O) groups is 1. The number of hydrogen-bond acceptors (Lipinski definition) is 3. The highest BCUT2D eigenvalue weighted by atomic mass is 16.5. The lowest BCUT2D eigenvalue weighted by Gasteiger charge is -2.10. The number of amides is 1. The minimum Gasteiger partial charge on any atom is -0.494 e. The van der Waals surface area contributed by atoms with Crippen molar-refractivity contribution in [1.29, 1.82) is 0 Å². The van der Waals surface area contributed by atoms with Crippen LogP contribution in [0, 0.1) is 0 Å². The van der Waals surface area contributed by atoms with Crippen molar-refractivity contribution in [3.05, 3.63) is 54.1 Å². The minimum atomic E-state index is -0.192. The highest BCUT2D eigenvalue weighted by Crippen LogP contribution is 2.18. The summed E-state index contributed by atoms with van der Waals surface area (Å²) in [5, 5.41) is 2.83. The molecule has 128 valence electrons. The Hall–Kier alpha value is -2.49. The van der Waals surface area contributed by atoms with E-state index in [-0.39, 0.29) is 12.5 Å². The number of anilines is 1. The number of aryl methyl sites for hydroxylation is 1. The van der Waals surface area contributed by atoms with Crippen molar-refractivity contribution in [2.24, 2.45) is 0 Å². The Morgan fingerprint density at radius 3 is 2.50 bits per heavy atom.